The van der Waals surface area contributed by atoms with Gasteiger partial charge in [-0.25, -0.2) is 12.8 Å². The monoisotopic (exact) mass is 442 g/mol. The number of Topliss-reactive ketones (excluding diaryl/α,β-unsaturated/α-hetero) is 1. The number of thiophene rings is 1. The minimum Gasteiger partial charge on any atom is -0.360 e. The van der Waals surface area contributed by atoms with Crippen molar-refractivity contribution in [2.24, 2.45) is 0 Å². The first kappa shape index (κ1) is 20.3. The molecule has 0 bridgehead atoms. The number of nitrogens with zero attached hydrogens (tertiary/aromatic N) is 1. The van der Waals surface area contributed by atoms with E-state index in [9.17, 15) is 17.6 Å². The standard InChI is InChI=1S/C22H19FN2O3S2/c1-14-3-8-18(15(2)11-14)24-12-20-21(26)22-19(9-10-29-22)25(30(20,27)28)13-16-4-6-17(23)7-5-16/h3-12,24H,13H2,1-2H3. The van der Waals surface area contributed by atoms with E-state index < -0.39 is 21.6 Å². The number of carbonyl (C=O) groups excluding carboxylic acids is 1. The number of carbonyl (C=O) groups is 1. The zero-order chi connectivity index (χ0) is 21.5. The lowest BCUT2D eigenvalue weighted by Gasteiger charge is -2.29. The molecule has 1 N–H and O–H groups in total. The van der Waals surface area contributed by atoms with Crippen molar-refractivity contribution in [2.75, 3.05) is 9.62 Å². The van der Waals surface area contributed by atoms with Crippen molar-refractivity contribution in [3.63, 3.8) is 0 Å². The molecule has 0 saturated heterocycles. The number of rotatable bonds is 4. The molecule has 0 radical (unpaired) electrons. The van der Waals surface area contributed by atoms with Crippen LogP contribution >= 0.6 is 11.3 Å². The SMILES string of the molecule is Cc1ccc(NC=C2C(=O)c3sccc3N(Cc3ccc(F)cc3)S2(=O)=O)c(C)c1. The molecule has 1 aliphatic heterocycles. The Balaban J connectivity index is 1.74. The van der Waals surface area contributed by atoms with Gasteiger partial charge in [0.25, 0.3) is 10.0 Å². The number of anilines is 2. The Morgan fingerprint density at radius 1 is 1.10 bits per heavy atom. The van der Waals surface area contributed by atoms with Crippen LogP contribution in [0.15, 0.2) is 65.0 Å². The molecule has 0 saturated carbocycles. The smallest absolute Gasteiger partial charge is 0.270 e. The fourth-order valence-corrected chi connectivity index (χ4v) is 5.81. The van der Waals surface area contributed by atoms with E-state index in [1.165, 1.54) is 46.1 Å². The second-order valence-electron chi connectivity index (χ2n) is 7.07. The van der Waals surface area contributed by atoms with Gasteiger partial charge in [-0.05, 0) is 54.6 Å². The number of aryl methyl sites for hydroxylation is 2. The predicted molar refractivity (Wildman–Crippen MR) is 118 cm³/mol. The third kappa shape index (κ3) is 3.64. The number of nitrogens with one attached hydrogen (secondary N) is 1. The summed E-state index contributed by atoms with van der Waals surface area (Å²) in [6.45, 7) is 3.87. The molecule has 1 aromatic heterocycles. The summed E-state index contributed by atoms with van der Waals surface area (Å²) in [5.41, 5.74) is 3.71. The first-order valence-electron chi connectivity index (χ1n) is 9.21. The molecule has 0 atom stereocenters. The highest BCUT2D eigenvalue weighted by atomic mass is 32.2. The largest absolute Gasteiger partial charge is 0.360 e. The van der Waals surface area contributed by atoms with Gasteiger partial charge in [-0.3, -0.25) is 9.10 Å². The van der Waals surface area contributed by atoms with Gasteiger partial charge in [0, 0.05) is 11.9 Å². The number of benzene rings is 2. The Morgan fingerprint density at radius 2 is 1.83 bits per heavy atom. The minimum atomic E-state index is -4.10. The maximum atomic E-state index is 13.3. The van der Waals surface area contributed by atoms with Crippen LogP contribution in [0.25, 0.3) is 0 Å². The van der Waals surface area contributed by atoms with Gasteiger partial charge < -0.3 is 5.32 Å². The summed E-state index contributed by atoms with van der Waals surface area (Å²) in [5, 5.41) is 4.67. The topological polar surface area (TPSA) is 66.5 Å². The van der Waals surface area contributed by atoms with E-state index in [2.05, 4.69) is 5.32 Å². The van der Waals surface area contributed by atoms with Crippen molar-refractivity contribution in [2.45, 2.75) is 20.4 Å². The summed E-state index contributed by atoms with van der Waals surface area (Å²) in [6.07, 6.45) is 1.26. The predicted octanol–water partition coefficient (Wildman–Crippen LogP) is 4.99. The highest BCUT2D eigenvalue weighted by Crippen LogP contribution is 2.39. The van der Waals surface area contributed by atoms with Gasteiger partial charge in [-0.15, -0.1) is 11.3 Å². The average molecular weight is 443 g/mol. The fourth-order valence-electron chi connectivity index (χ4n) is 3.33. The number of sulfonamides is 1. The van der Waals surface area contributed by atoms with Crippen LogP contribution in [-0.2, 0) is 16.6 Å². The number of hydrogen-bond donors (Lipinski definition) is 1. The second kappa shape index (κ2) is 7.70. The van der Waals surface area contributed by atoms with Crippen LogP contribution in [0.3, 0.4) is 0 Å². The third-order valence-electron chi connectivity index (χ3n) is 4.89. The van der Waals surface area contributed by atoms with Crippen molar-refractivity contribution in [3.8, 4) is 0 Å². The molecule has 0 amide bonds. The van der Waals surface area contributed by atoms with E-state index in [4.69, 9.17) is 0 Å². The highest BCUT2D eigenvalue weighted by Gasteiger charge is 2.41. The molecule has 3 aromatic rings. The minimum absolute atomic E-state index is 0.000522. The number of halogens is 1. The Morgan fingerprint density at radius 3 is 2.53 bits per heavy atom. The number of hydrogen-bond acceptors (Lipinski definition) is 5. The summed E-state index contributed by atoms with van der Waals surface area (Å²) in [5.74, 6) is -0.933. The van der Waals surface area contributed by atoms with Gasteiger partial charge in [-0.1, -0.05) is 29.8 Å². The van der Waals surface area contributed by atoms with Crippen molar-refractivity contribution in [1.29, 1.82) is 0 Å². The number of allylic oxidation sites excluding steroid dienone is 1. The van der Waals surface area contributed by atoms with Gasteiger partial charge in [0.1, 0.15) is 10.7 Å². The van der Waals surface area contributed by atoms with E-state index in [-0.39, 0.29) is 11.4 Å². The lowest BCUT2D eigenvalue weighted by molar-refractivity contribution is 0.104. The summed E-state index contributed by atoms with van der Waals surface area (Å²) < 4.78 is 41.1. The van der Waals surface area contributed by atoms with Crippen LogP contribution in [0.5, 0.6) is 0 Å². The zero-order valence-corrected chi connectivity index (χ0v) is 18.0. The second-order valence-corrected chi connectivity index (χ2v) is 9.82. The Hall–Kier alpha value is -2.97. The van der Waals surface area contributed by atoms with Gasteiger partial charge in [-0.2, -0.15) is 0 Å². The highest BCUT2D eigenvalue weighted by molar-refractivity contribution is 7.97. The van der Waals surface area contributed by atoms with Crippen molar-refractivity contribution >= 4 is 38.5 Å². The van der Waals surface area contributed by atoms with E-state index in [1.54, 1.807) is 11.4 Å². The van der Waals surface area contributed by atoms with Crippen molar-refractivity contribution in [3.05, 3.63) is 92.4 Å². The maximum absolute atomic E-state index is 13.3. The van der Waals surface area contributed by atoms with Crippen LogP contribution in [0.1, 0.15) is 26.4 Å². The molecule has 154 valence electrons. The van der Waals surface area contributed by atoms with Crippen LogP contribution in [0.4, 0.5) is 15.8 Å². The van der Waals surface area contributed by atoms with Crippen molar-refractivity contribution < 1.29 is 17.6 Å². The van der Waals surface area contributed by atoms with Gasteiger partial charge in [0.2, 0.25) is 5.78 Å². The molecule has 1 aliphatic rings. The molecule has 0 aliphatic carbocycles. The molecular formula is C22H19FN2O3S2. The van der Waals surface area contributed by atoms with Crippen LogP contribution in [0, 0.1) is 19.7 Å². The zero-order valence-electron chi connectivity index (χ0n) is 16.3. The molecule has 2 heterocycles. The molecule has 0 unspecified atom stereocenters. The average Bonchev–Trinajstić information content (AvgIpc) is 3.17. The summed E-state index contributed by atoms with van der Waals surface area (Å²) in [4.78, 5) is 13.0. The van der Waals surface area contributed by atoms with Crippen molar-refractivity contribution in [1.82, 2.24) is 0 Å². The Kier molecular flexibility index (Phi) is 5.21. The Labute approximate surface area is 178 Å². The van der Waals surface area contributed by atoms with E-state index in [0.29, 0.717) is 16.1 Å². The number of fused-ring (bicyclic) bond motifs is 1. The molecule has 5 nitrogen and oxygen atoms in total. The Bertz CT molecular complexity index is 1260. The summed E-state index contributed by atoms with van der Waals surface area (Å²) in [6, 6.07) is 13.0. The molecule has 2 aromatic carbocycles. The summed E-state index contributed by atoms with van der Waals surface area (Å²) >= 11 is 1.20. The van der Waals surface area contributed by atoms with E-state index >= 15 is 0 Å². The third-order valence-corrected chi connectivity index (χ3v) is 7.56. The molecule has 8 heteroatoms. The lowest BCUT2D eigenvalue weighted by atomic mass is 10.1. The molecule has 0 spiro atoms. The van der Waals surface area contributed by atoms with Crippen LogP contribution < -0.4 is 9.62 Å². The number of ketones is 1. The molecule has 0 fully saturated rings. The van der Waals surface area contributed by atoms with Gasteiger partial charge >= 0.3 is 0 Å². The van der Waals surface area contributed by atoms with Crippen LogP contribution in [0.2, 0.25) is 0 Å². The van der Waals surface area contributed by atoms with E-state index in [0.717, 1.165) is 16.8 Å². The van der Waals surface area contributed by atoms with Gasteiger partial charge in [0.05, 0.1) is 12.2 Å². The summed E-state index contributed by atoms with van der Waals surface area (Å²) in [7, 11) is -4.10. The molecular weight excluding hydrogens is 423 g/mol. The maximum Gasteiger partial charge on any atom is 0.270 e. The fraction of sp³-hybridized carbons (Fsp3) is 0.136. The lowest BCUT2D eigenvalue weighted by Crippen LogP contribution is -2.38. The quantitative estimate of drug-likeness (QED) is 0.578. The molecule has 30 heavy (non-hydrogen) atoms. The normalized spacial score (nSPS) is 16.6. The van der Waals surface area contributed by atoms with Gasteiger partial charge in [0.15, 0.2) is 4.91 Å². The molecule has 4 rings (SSSR count). The van der Waals surface area contributed by atoms with Crippen LogP contribution in [-0.4, -0.2) is 14.2 Å². The first-order valence-corrected chi connectivity index (χ1v) is 11.5. The first-order chi connectivity index (χ1) is 14.3. The van der Waals surface area contributed by atoms with E-state index in [1.807, 2.05) is 32.0 Å².